The first-order valence-electron chi connectivity index (χ1n) is 11.2. The Labute approximate surface area is 194 Å². The number of halogens is 1. The van der Waals surface area contributed by atoms with Gasteiger partial charge in [-0.1, -0.05) is 17.7 Å². The maximum absolute atomic E-state index is 12.8. The number of carbonyl (C=O) groups excluding carboxylic acids is 1. The first-order chi connectivity index (χ1) is 15.4. The fourth-order valence-corrected chi connectivity index (χ4v) is 5.87. The lowest BCUT2D eigenvalue weighted by Gasteiger charge is -2.30. The molecular formula is C23H29ClN4O3S. The third kappa shape index (κ3) is 5.42. The van der Waals surface area contributed by atoms with E-state index in [1.807, 2.05) is 18.3 Å². The molecule has 2 saturated heterocycles. The summed E-state index contributed by atoms with van der Waals surface area (Å²) in [6, 6.07) is 10.2. The van der Waals surface area contributed by atoms with Gasteiger partial charge in [0, 0.05) is 49.9 Å². The molecule has 2 fully saturated rings. The first kappa shape index (κ1) is 23.0. The van der Waals surface area contributed by atoms with Gasteiger partial charge in [0.25, 0.3) is 0 Å². The van der Waals surface area contributed by atoms with E-state index in [1.54, 1.807) is 12.1 Å². The highest BCUT2D eigenvalue weighted by Gasteiger charge is 2.32. The lowest BCUT2D eigenvalue weighted by molar-refractivity contribution is -0.126. The molecule has 3 heterocycles. The highest BCUT2D eigenvalue weighted by atomic mass is 35.5. The van der Waals surface area contributed by atoms with E-state index in [2.05, 4.69) is 15.2 Å². The second-order valence-corrected chi connectivity index (χ2v) is 10.8. The van der Waals surface area contributed by atoms with Crippen molar-refractivity contribution in [1.29, 1.82) is 0 Å². The number of carbonyl (C=O) groups is 1. The van der Waals surface area contributed by atoms with Gasteiger partial charge in [0.15, 0.2) is 0 Å². The molecule has 0 spiro atoms. The number of aromatic nitrogens is 1. The predicted octanol–water partition coefficient (Wildman–Crippen LogP) is 3.44. The quantitative estimate of drug-likeness (QED) is 0.690. The molecule has 32 heavy (non-hydrogen) atoms. The summed E-state index contributed by atoms with van der Waals surface area (Å²) in [5.41, 5.74) is 0.960. The summed E-state index contributed by atoms with van der Waals surface area (Å²) < 4.78 is 27.0. The number of rotatable bonds is 6. The van der Waals surface area contributed by atoms with Gasteiger partial charge < -0.3 is 10.2 Å². The molecule has 7 nitrogen and oxygen atoms in total. The molecule has 1 aromatic carbocycles. The van der Waals surface area contributed by atoms with Crippen molar-refractivity contribution in [2.45, 2.75) is 43.5 Å². The van der Waals surface area contributed by atoms with E-state index >= 15 is 0 Å². The van der Waals surface area contributed by atoms with Crippen LogP contribution in [0.25, 0.3) is 0 Å². The third-order valence-corrected chi connectivity index (χ3v) is 8.40. The molecule has 4 rings (SSSR count). The average Bonchev–Trinajstić information content (AvgIpc) is 2.84. The Morgan fingerprint density at radius 3 is 2.31 bits per heavy atom. The van der Waals surface area contributed by atoms with Crippen LogP contribution in [0.3, 0.4) is 0 Å². The molecule has 1 aromatic heterocycles. The van der Waals surface area contributed by atoms with E-state index in [4.69, 9.17) is 11.6 Å². The van der Waals surface area contributed by atoms with E-state index in [1.165, 1.54) is 35.7 Å². The number of piperidine rings is 2. The minimum Gasteiger partial charge on any atom is -0.357 e. The van der Waals surface area contributed by atoms with E-state index in [-0.39, 0.29) is 16.7 Å². The van der Waals surface area contributed by atoms with Crippen molar-refractivity contribution in [2.24, 2.45) is 5.92 Å². The molecule has 2 aromatic rings. The Morgan fingerprint density at radius 1 is 1.00 bits per heavy atom. The molecule has 0 aliphatic carbocycles. The van der Waals surface area contributed by atoms with Gasteiger partial charge in [0.2, 0.25) is 15.9 Å². The van der Waals surface area contributed by atoms with E-state index in [0.717, 1.165) is 24.5 Å². The average molecular weight is 477 g/mol. The number of pyridine rings is 1. The number of amides is 1. The highest BCUT2D eigenvalue weighted by molar-refractivity contribution is 7.89. The fourth-order valence-electron chi connectivity index (χ4n) is 4.28. The SMILES string of the molecule is O=C(NCc1ccc(N2CCCCC2)nc1)C1CCN(S(=O)(=O)c2ccc(Cl)cc2)CC1. The van der Waals surface area contributed by atoms with Gasteiger partial charge in [-0.25, -0.2) is 13.4 Å². The predicted molar refractivity (Wildman–Crippen MR) is 125 cm³/mol. The molecule has 0 bridgehead atoms. The van der Waals surface area contributed by atoms with Crippen LogP contribution < -0.4 is 10.2 Å². The highest BCUT2D eigenvalue weighted by Crippen LogP contribution is 2.25. The molecule has 1 amide bonds. The van der Waals surface area contributed by atoms with Crippen molar-refractivity contribution in [3.63, 3.8) is 0 Å². The molecule has 9 heteroatoms. The van der Waals surface area contributed by atoms with Crippen LogP contribution in [0.4, 0.5) is 5.82 Å². The van der Waals surface area contributed by atoms with Gasteiger partial charge in [0.1, 0.15) is 5.82 Å². The molecule has 172 valence electrons. The van der Waals surface area contributed by atoms with Crippen molar-refractivity contribution in [3.05, 3.63) is 53.2 Å². The molecule has 1 N–H and O–H groups in total. The number of benzene rings is 1. The van der Waals surface area contributed by atoms with Crippen LogP contribution in [0.5, 0.6) is 0 Å². The molecule has 2 aliphatic heterocycles. The largest absolute Gasteiger partial charge is 0.357 e. The lowest BCUT2D eigenvalue weighted by atomic mass is 9.97. The first-order valence-corrected chi connectivity index (χ1v) is 13.0. The van der Waals surface area contributed by atoms with Crippen molar-refractivity contribution < 1.29 is 13.2 Å². The second-order valence-electron chi connectivity index (χ2n) is 8.42. The van der Waals surface area contributed by atoms with E-state index in [0.29, 0.717) is 37.5 Å². The van der Waals surface area contributed by atoms with E-state index in [9.17, 15) is 13.2 Å². The van der Waals surface area contributed by atoms with Crippen LogP contribution in [0.1, 0.15) is 37.7 Å². The molecule has 0 unspecified atom stereocenters. The monoisotopic (exact) mass is 476 g/mol. The maximum atomic E-state index is 12.8. The number of hydrogen-bond acceptors (Lipinski definition) is 5. The van der Waals surface area contributed by atoms with Crippen LogP contribution >= 0.6 is 11.6 Å². The second kappa shape index (κ2) is 10.2. The summed E-state index contributed by atoms with van der Waals surface area (Å²) in [4.78, 5) is 19.7. The van der Waals surface area contributed by atoms with Crippen LogP contribution in [0.2, 0.25) is 5.02 Å². The van der Waals surface area contributed by atoms with Crippen molar-refractivity contribution in [1.82, 2.24) is 14.6 Å². The Hall–Kier alpha value is -2.16. The zero-order chi connectivity index (χ0) is 22.6. The minimum absolute atomic E-state index is 0.0337. The standard InChI is InChI=1S/C23H29ClN4O3S/c24-20-5-7-21(8-6-20)32(30,31)28-14-10-19(11-15-28)23(29)26-17-18-4-9-22(25-16-18)27-12-2-1-3-13-27/h4-9,16,19H,1-3,10-15,17H2,(H,26,29). The van der Waals surface area contributed by atoms with Crippen LogP contribution in [-0.2, 0) is 21.4 Å². The summed E-state index contributed by atoms with van der Waals surface area (Å²) in [6.45, 7) is 3.19. The smallest absolute Gasteiger partial charge is 0.243 e. The van der Waals surface area contributed by atoms with Gasteiger partial charge in [-0.05, 0) is 68.0 Å². The van der Waals surface area contributed by atoms with Gasteiger partial charge in [-0.2, -0.15) is 4.31 Å². The summed E-state index contributed by atoms with van der Waals surface area (Å²) in [5, 5.41) is 3.48. The fraction of sp³-hybridized carbons (Fsp3) is 0.478. The van der Waals surface area contributed by atoms with Gasteiger partial charge in [-0.15, -0.1) is 0 Å². The molecule has 0 saturated carbocycles. The Balaban J connectivity index is 1.26. The van der Waals surface area contributed by atoms with Crippen molar-refractivity contribution >= 4 is 33.3 Å². The van der Waals surface area contributed by atoms with Crippen LogP contribution in [-0.4, -0.2) is 49.8 Å². The normalized spacial score (nSPS) is 18.5. The summed E-state index contributed by atoms with van der Waals surface area (Å²) in [6.07, 6.45) is 6.53. The van der Waals surface area contributed by atoms with Crippen LogP contribution in [0, 0.1) is 5.92 Å². The number of nitrogens with zero attached hydrogens (tertiary/aromatic N) is 3. The molecular weight excluding hydrogens is 448 g/mol. The summed E-state index contributed by atoms with van der Waals surface area (Å²) >= 11 is 5.86. The van der Waals surface area contributed by atoms with Gasteiger partial charge >= 0.3 is 0 Å². The molecule has 0 radical (unpaired) electrons. The minimum atomic E-state index is -3.57. The van der Waals surface area contributed by atoms with E-state index < -0.39 is 10.0 Å². The maximum Gasteiger partial charge on any atom is 0.243 e. The van der Waals surface area contributed by atoms with Crippen molar-refractivity contribution in [3.8, 4) is 0 Å². The number of anilines is 1. The zero-order valence-corrected chi connectivity index (χ0v) is 19.6. The number of sulfonamides is 1. The zero-order valence-electron chi connectivity index (χ0n) is 18.0. The molecule has 0 atom stereocenters. The number of nitrogens with one attached hydrogen (secondary N) is 1. The van der Waals surface area contributed by atoms with Crippen LogP contribution in [0.15, 0.2) is 47.5 Å². The topological polar surface area (TPSA) is 82.6 Å². The Morgan fingerprint density at radius 2 is 1.69 bits per heavy atom. The van der Waals surface area contributed by atoms with Gasteiger partial charge in [-0.3, -0.25) is 4.79 Å². The van der Waals surface area contributed by atoms with Crippen molar-refractivity contribution in [2.75, 3.05) is 31.1 Å². The Bertz CT molecular complexity index is 1010. The van der Waals surface area contributed by atoms with Gasteiger partial charge in [0.05, 0.1) is 4.90 Å². The summed E-state index contributed by atoms with van der Waals surface area (Å²) in [5.74, 6) is 0.773. The number of hydrogen-bond donors (Lipinski definition) is 1. The third-order valence-electron chi connectivity index (χ3n) is 6.23. The molecule has 2 aliphatic rings. The lowest BCUT2D eigenvalue weighted by Crippen LogP contribution is -2.42. The Kier molecular flexibility index (Phi) is 7.33. The summed E-state index contributed by atoms with van der Waals surface area (Å²) in [7, 11) is -3.57.